The Morgan fingerprint density at radius 1 is 1.19 bits per heavy atom. The number of anilines is 1. The highest BCUT2D eigenvalue weighted by Crippen LogP contribution is 2.30. The van der Waals surface area contributed by atoms with Crippen LogP contribution in [0.5, 0.6) is 5.75 Å². The smallest absolute Gasteiger partial charge is 0.403 e. The standard InChI is InChI=1S/C18H17F4N3O2/c1-10(26)24-13-7-14(8-13)25-12-4-5-23-16(9-12)11-2-3-17(15(19)6-11)27-18(20,21)22/h2-6,9,13-14H,7-8H2,1H3,(H,23,25)(H,24,26). The molecule has 0 radical (unpaired) electrons. The Labute approximate surface area is 152 Å². The van der Waals surface area contributed by atoms with Crippen molar-refractivity contribution in [3.63, 3.8) is 0 Å². The summed E-state index contributed by atoms with van der Waals surface area (Å²) in [6.07, 6.45) is -1.85. The molecule has 2 N–H and O–H groups in total. The number of hydrogen-bond donors (Lipinski definition) is 2. The van der Waals surface area contributed by atoms with Crippen LogP contribution in [0.25, 0.3) is 11.3 Å². The molecule has 3 rings (SSSR count). The lowest BCUT2D eigenvalue weighted by Crippen LogP contribution is -2.49. The second-order valence-electron chi connectivity index (χ2n) is 6.33. The molecule has 1 aromatic carbocycles. The van der Waals surface area contributed by atoms with Crippen LogP contribution in [-0.2, 0) is 4.79 Å². The topological polar surface area (TPSA) is 63.2 Å². The van der Waals surface area contributed by atoms with Gasteiger partial charge in [-0.2, -0.15) is 0 Å². The van der Waals surface area contributed by atoms with Gasteiger partial charge < -0.3 is 15.4 Å². The lowest BCUT2D eigenvalue weighted by atomic mass is 9.86. The molecule has 0 atom stereocenters. The van der Waals surface area contributed by atoms with Crippen molar-refractivity contribution in [2.45, 2.75) is 38.2 Å². The molecule has 2 aromatic rings. The van der Waals surface area contributed by atoms with Crippen molar-refractivity contribution in [3.05, 3.63) is 42.3 Å². The van der Waals surface area contributed by atoms with Crippen LogP contribution in [0.2, 0.25) is 0 Å². The molecule has 0 saturated heterocycles. The third-order valence-electron chi connectivity index (χ3n) is 4.13. The summed E-state index contributed by atoms with van der Waals surface area (Å²) in [5, 5.41) is 6.13. The van der Waals surface area contributed by atoms with Gasteiger partial charge in [-0.15, -0.1) is 13.2 Å². The van der Waals surface area contributed by atoms with E-state index in [1.165, 1.54) is 19.2 Å². The third kappa shape index (κ3) is 5.08. The summed E-state index contributed by atoms with van der Waals surface area (Å²) in [5.41, 5.74) is 1.49. The predicted octanol–water partition coefficient (Wildman–Crippen LogP) is 3.87. The monoisotopic (exact) mass is 383 g/mol. The second kappa shape index (κ2) is 7.42. The van der Waals surface area contributed by atoms with Crippen LogP contribution in [0.4, 0.5) is 23.2 Å². The second-order valence-corrected chi connectivity index (χ2v) is 6.33. The summed E-state index contributed by atoms with van der Waals surface area (Å²) in [6.45, 7) is 1.47. The lowest BCUT2D eigenvalue weighted by molar-refractivity contribution is -0.275. The largest absolute Gasteiger partial charge is 0.573 e. The zero-order chi connectivity index (χ0) is 19.6. The Hall–Kier alpha value is -2.84. The molecule has 0 unspecified atom stereocenters. The van der Waals surface area contributed by atoms with Crippen LogP contribution in [0.1, 0.15) is 19.8 Å². The number of halogens is 4. The number of alkyl halides is 3. The van der Waals surface area contributed by atoms with Gasteiger partial charge in [0, 0.05) is 36.5 Å². The van der Waals surface area contributed by atoms with E-state index in [0.29, 0.717) is 11.3 Å². The van der Waals surface area contributed by atoms with Gasteiger partial charge in [-0.05, 0) is 43.2 Å². The number of rotatable bonds is 5. The summed E-state index contributed by atoms with van der Waals surface area (Å²) in [5.74, 6) is -2.08. The van der Waals surface area contributed by atoms with Crippen LogP contribution in [0, 0.1) is 5.82 Å². The summed E-state index contributed by atoms with van der Waals surface area (Å²) < 4.78 is 54.2. The number of carbonyl (C=O) groups is 1. The van der Waals surface area contributed by atoms with Gasteiger partial charge in [0.2, 0.25) is 5.91 Å². The summed E-state index contributed by atoms with van der Waals surface area (Å²) in [7, 11) is 0. The molecule has 1 aromatic heterocycles. The first-order valence-corrected chi connectivity index (χ1v) is 8.25. The Bertz CT molecular complexity index is 836. The molecule has 0 spiro atoms. The van der Waals surface area contributed by atoms with Gasteiger partial charge in [-0.25, -0.2) is 4.39 Å². The number of benzene rings is 1. The quantitative estimate of drug-likeness (QED) is 0.770. The number of hydrogen-bond acceptors (Lipinski definition) is 4. The van der Waals surface area contributed by atoms with Gasteiger partial charge in [0.1, 0.15) is 0 Å². The normalized spacial score (nSPS) is 19.1. The number of amides is 1. The van der Waals surface area contributed by atoms with Gasteiger partial charge in [0.15, 0.2) is 11.6 Å². The summed E-state index contributed by atoms with van der Waals surface area (Å²) in [6, 6.07) is 6.95. The van der Waals surface area contributed by atoms with E-state index in [4.69, 9.17) is 0 Å². The SMILES string of the molecule is CC(=O)NC1CC(Nc2ccnc(-c3ccc(OC(F)(F)F)c(F)c3)c2)C1. The maximum Gasteiger partial charge on any atom is 0.573 e. The average molecular weight is 383 g/mol. The highest BCUT2D eigenvalue weighted by Gasteiger charge is 2.32. The van der Waals surface area contributed by atoms with Crippen molar-refractivity contribution in [3.8, 4) is 17.0 Å². The van der Waals surface area contributed by atoms with Gasteiger partial charge >= 0.3 is 6.36 Å². The predicted molar refractivity (Wildman–Crippen MR) is 90.6 cm³/mol. The number of nitrogens with one attached hydrogen (secondary N) is 2. The van der Waals surface area contributed by atoms with E-state index in [9.17, 15) is 22.4 Å². The molecule has 1 fully saturated rings. The van der Waals surface area contributed by atoms with Crippen LogP contribution in [0.3, 0.4) is 0 Å². The minimum Gasteiger partial charge on any atom is -0.403 e. The van der Waals surface area contributed by atoms with Gasteiger partial charge in [0.05, 0.1) is 5.69 Å². The van der Waals surface area contributed by atoms with Crippen molar-refractivity contribution >= 4 is 11.6 Å². The fraction of sp³-hybridized carbons (Fsp3) is 0.333. The number of aromatic nitrogens is 1. The number of nitrogens with zero attached hydrogens (tertiary/aromatic N) is 1. The molecule has 27 heavy (non-hydrogen) atoms. The Morgan fingerprint density at radius 2 is 1.93 bits per heavy atom. The van der Waals surface area contributed by atoms with E-state index >= 15 is 0 Å². The van der Waals surface area contributed by atoms with Crippen molar-refractivity contribution in [1.82, 2.24) is 10.3 Å². The van der Waals surface area contributed by atoms with Crippen LogP contribution >= 0.6 is 0 Å². The van der Waals surface area contributed by atoms with E-state index < -0.39 is 17.9 Å². The Kier molecular flexibility index (Phi) is 5.20. The molecule has 1 amide bonds. The Morgan fingerprint density at radius 3 is 2.56 bits per heavy atom. The highest BCUT2D eigenvalue weighted by molar-refractivity contribution is 5.73. The molecule has 9 heteroatoms. The van der Waals surface area contributed by atoms with Gasteiger partial charge in [-0.3, -0.25) is 9.78 Å². The minimum absolute atomic E-state index is 0.0652. The highest BCUT2D eigenvalue weighted by atomic mass is 19.4. The van der Waals surface area contributed by atoms with Gasteiger partial charge in [-0.1, -0.05) is 0 Å². The first-order chi connectivity index (χ1) is 12.7. The summed E-state index contributed by atoms with van der Waals surface area (Å²) >= 11 is 0. The Balaban J connectivity index is 1.67. The van der Waals surface area contributed by atoms with Crippen LogP contribution < -0.4 is 15.4 Å². The number of carbonyl (C=O) groups excluding carboxylic acids is 1. The summed E-state index contributed by atoms with van der Waals surface area (Å²) in [4.78, 5) is 15.1. The molecule has 5 nitrogen and oxygen atoms in total. The van der Waals surface area contributed by atoms with Crippen molar-refractivity contribution < 1.29 is 27.1 Å². The first kappa shape index (κ1) is 18.9. The van der Waals surface area contributed by atoms with E-state index in [-0.39, 0.29) is 18.0 Å². The van der Waals surface area contributed by atoms with E-state index in [0.717, 1.165) is 30.7 Å². The lowest BCUT2D eigenvalue weighted by Gasteiger charge is -2.36. The molecule has 0 aliphatic heterocycles. The fourth-order valence-electron chi connectivity index (χ4n) is 2.92. The van der Waals surface area contributed by atoms with Crippen molar-refractivity contribution in [2.24, 2.45) is 0 Å². The maximum absolute atomic E-state index is 13.9. The molecule has 0 bridgehead atoms. The van der Waals surface area contributed by atoms with Crippen molar-refractivity contribution in [2.75, 3.05) is 5.32 Å². The van der Waals surface area contributed by atoms with E-state index in [1.54, 1.807) is 12.1 Å². The molecule has 1 aliphatic carbocycles. The fourth-order valence-corrected chi connectivity index (χ4v) is 2.92. The number of ether oxygens (including phenoxy) is 1. The molecule has 1 saturated carbocycles. The molecule has 144 valence electrons. The third-order valence-corrected chi connectivity index (χ3v) is 4.13. The zero-order valence-corrected chi connectivity index (χ0v) is 14.3. The minimum atomic E-state index is -4.96. The maximum atomic E-state index is 13.9. The average Bonchev–Trinajstić information content (AvgIpc) is 2.53. The van der Waals surface area contributed by atoms with E-state index in [1.807, 2.05) is 0 Å². The first-order valence-electron chi connectivity index (χ1n) is 8.25. The van der Waals surface area contributed by atoms with Crippen LogP contribution in [-0.4, -0.2) is 29.3 Å². The van der Waals surface area contributed by atoms with Crippen molar-refractivity contribution in [1.29, 1.82) is 0 Å². The molecular formula is C18H17F4N3O2. The number of pyridine rings is 1. The van der Waals surface area contributed by atoms with Crippen LogP contribution in [0.15, 0.2) is 36.5 Å². The molecule has 1 aliphatic rings. The van der Waals surface area contributed by atoms with E-state index in [2.05, 4.69) is 20.4 Å². The zero-order valence-electron chi connectivity index (χ0n) is 14.3. The van der Waals surface area contributed by atoms with Gasteiger partial charge in [0.25, 0.3) is 0 Å². The molecule has 1 heterocycles. The molecular weight excluding hydrogens is 366 g/mol.